The third kappa shape index (κ3) is 3.71. The van der Waals surface area contributed by atoms with Crippen LogP contribution in [0, 0.1) is 11.8 Å². The van der Waals surface area contributed by atoms with Gasteiger partial charge in [0.25, 0.3) is 0 Å². The molecule has 3 atom stereocenters. The van der Waals surface area contributed by atoms with Gasteiger partial charge in [-0.05, 0) is 24.8 Å². The van der Waals surface area contributed by atoms with E-state index in [1.807, 2.05) is 44.2 Å². The number of benzene rings is 1. The first kappa shape index (κ1) is 17.4. The van der Waals surface area contributed by atoms with Gasteiger partial charge in [-0.2, -0.15) is 0 Å². The second-order valence-corrected chi connectivity index (χ2v) is 6.62. The Kier molecular flexibility index (Phi) is 5.06. The molecule has 0 saturated carbocycles. The summed E-state index contributed by atoms with van der Waals surface area (Å²) in [5.41, 5.74) is -0.831. The van der Waals surface area contributed by atoms with Gasteiger partial charge in [-0.1, -0.05) is 44.2 Å². The van der Waals surface area contributed by atoms with Crippen molar-refractivity contribution in [3.05, 3.63) is 35.9 Å². The van der Waals surface area contributed by atoms with Crippen molar-refractivity contribution in [1.82, 2.24) is 10.2 Å². The number of aliphatic hydroxyl groups is 1. The highest BCUT2D eigenvalue weighted by Gasteiger charge is 2.49. The van der Waals surface area contributed by atoms with E-state index in [2.05, 4.69) is 5.32 Å². The minimum absolute atomic E-state index is 0.0333. The molecule has 23 heavy (non-hydrogen) atoms. The number of aliphatic carboxylic acids is 1. The summed E-state index contributed by atoms with van der Waals surface area (Å²) in [5.74, 6) is -2.16. The van der Waals surface area contributed by atoms with Crippen LogP contribution in [0.1, 0.15) is 38.9 Å². The number of nitrogens with one attached hydrogen (secondary N) is 1. The Hall–Kier alpha value is -1.92. The van der Waals surface area contributed by atoms with Crippen LogP contribution in [0.3, 0.4) is 0 Å². The monoisotopic (exact) mass is 320 g/mol. The number of hydrogen-bond donors (Lipinski definition) is 3. The largest absolute Gasteiger partial charge is 0.481 e. The van der Waals surface area contributed by atoms with Crippen molar-refractivity contribution >= 4 is 11.9 Å². The molecule has 1 aliphatic heterocycles. The molecular formula is C17H24N2O4. The maximum absolute atomic E-state index is 11.9. The Bertz CT molecular complexity index is 571. The second-order valence-electron chi connectivity index (χ2n) is 6.62. The van der Waals surface area contributed by atoms with Crippen molar-refractivity contribution in [2.45, 2.75) is 39.1 Å². The third-order valence-electron chi connectivity index (χ3n) is 4.29. The molecule has 6 nitrogen and oxygen atoms in total. The number of carbonyl (C=O) groups excluding carboxylic acids is 1. The zero-order chi connectivity index (χ0) is 17.2. The normalized spacial score (nSPS) is 22.7. The van der Waals surface area contributed by atoms with Crippen molar-refractivity contribution in [3.8, 4) is 0 Å². The Morgan fingerprint density at radius 1 is 1.39 bits per heavy atom. The van der Waals surface area contributed by atoms with Crippen LogP contribution in [0.15, 0.2) is 30.3 Å². The number of amides is 1. The summed E-state index contributed by atoms with van der Waals surface area (Å²) in [4.78, 5) is 25.1. The van der Waals surface area contributed by atoms with Gasteiger partial charge in [-0.15, -0.1) is 0 Å². The van der Waals surface area contributed by atoms with E-state index in [0.717, 1.165) is 5.56 Å². The van der Waals surface area contributed by atoms with E-state index in [1.165, 1.54) is 11.8 Å². The molecule has 0 spiro atoms. The smallest absolute Gasteiger partial charge is 0.310 e. The summed E-state index contributed by atoms with van der Waals surface area (Å²) in [5, 5.41) is 23.4. The molecule has 6 heteroatoms. The quantitative estimate of drug-likeness (QED) is 0.740. The molecule has 0 radical (unpaired) electrons. The topological polar surface area (TPSA) is 89.9 Å². The second kappa shape index (κ2) is 6.68. The van der Waals surface area contributed by atoms with Crippen LogP contribution < -0.4 is 5.32 Å². The number of carboxylic acid groups (broad SMARTS) is 1. The molecule has 0 aromatic heterocycles. The third-order valence-corrected chi connectivity index (χ3v) is 4.29. The van der Waals surface area contributed by atoms with Gasteiger partial charge in [0.1, 0.15) is 11.9 Å². The van der Waals surface area contributed by atoms with Gasteiger partial charge < -0.3 is 15.5 Å². The molecular weight excluding hydrogens is 296 g/mol. The van der Waals surface area contributed by atoms with Crippen LogP contribution in [0.2, 0.25) is 0 Å². The van der Waals surface area contributed by atoms with E-state index in [0.29, 0.717) is 6.42 Å². The zero-order valence-electron chi connectivity index (χ0n) is 13.7. The van der Waals surface area contributed by atoms with E-state index >= 15 is 0 Å². The van der Waals surface area contributed by atoms with Crippen LogP contribution in [0.5, 0.6) is 0 Å². The highest BCUT2D eigenvalue weighted by Crippen LogP contribution is 2.35. The van der Waals surface area contributed by atoms with E-state index in [1.54, 1.807) is 0 Å². The fourth-order valence-electron chi connectivity index (χ4n) is 3.07. The van der Waals surface area contributed by atoms with Crippen molar-refractivity contribution in [2.24, 2.45) is 11.8 Å². The first-order valence-electron chi connectivity index (χ1n) is 7.79. The lowest BCUT2D eigenvalue weighted by atomic mass is 9.87. The summed E-state index contributed by atoms with van der Waals surface area (Å²) in [6.45, 7) is 5.26. The van der Waals surface area contributed by atoms with Crippen LogP contribution in [-0.4, -0.2) is 39.3 Å². The van der Waals surface area contributed by atoms with Crippen molar-refractivity contribution in [1.29, 1.82) is 0 Å². The fraction of sp³-hybridized carbons (Fsp3) is 0.529. The Balaban J connectivity index is 2.35. The number of nitrogens with zero attached hydrogens (tertiary/aromatic N) is 1. The standard InChI is InChI=1S/C17H24N2O4/c1-11(2)9-13(16(21)22)17(3,23)19-10-14(20)18-15(19)12-7-5-4-6-8-12/h4-8,11,13,15,23H,9-10H2,1-3H3,(H,18,20)(H,21,22). The predicted molar refractivity (Wildman–Crippen MR) is 85.2 cm³/mol. The molecule has 1 aliphatic rings. The molecule has 3 unspecified atom stereocenters. The summed E-state index contributed by atoms with van der Waals surface area (Å²) in [6.07, 6.45) is -0.207. The van der Waals surface area contributed by atoms with Crippen LogP contribution in [0.25, 0.3) is 0 Å². The highest BCUT2D eigenvalue weighted by atomic mass is 16.4. The van der Waals surface area contributed by atoms with Crippen molar-refractivity contribution < 1.29 is 19.8 Å². The molecule has 1 aromatic carbocycles. The van der Waals surface area contributed by atoms with Gasteiger partial charge >= 0.3 is 5.97 Å². The van der Waals surface area contributed by atoms with Gasteiger partial charge in [-0.3, -0.25) is 9.59 Å². The maximum Gasteiger partial charge on any atom is 0.310 e. The number of hydrogen-bond acceptors (Lipinski definition) is 4. The van der Waals surface area contributed by atoms with Crippen molar-refractivity contribution in [2.75, 3.05) is 6.54 Å². The number of rotatable bonds is 6. The maximum atomic E-state index is 11.9. The van der Waals surface area contributed by atoms with Crippen LogP contribution in [-0.2, 0) is 9.59 Å². The zero-order valence-corrected chi connectivity index (χ0v) is 13.7. The molecule has 2 rings (SSSR count). The van der Waals surface area contributed by atoms with Gasteiger partial charge in [0.2, 0.25) is 5.91 Å². The molecule has 1 amide bonds. The minimum atomic E-state index is -1.64. The lowest BCUT2D eigenvalue weighted by Gasteiger charge is -2.41. The summed E-state index contributed by atoms with van der Waals surface area (Å²) in [7, 11) is 0. The molecule has 1 fully saturated rings. The molecule has 0 bridgehead atoms. The first-order chi connectivity index (χ1) is 10.7. The first-order valence-corrected chi connectivity index (χ1v) is 7.79. The fourth-order valence-corrected chi connectivity index (χ4v) is 3.07. The van der Waals surface area contributed by atoms with Crippen LogP contribution in [0.4, 0.5) is 0 Å². The minimum Gasteiger partial charge on any atom is -0.481 e. The Morgan fingerprint density at radius 3 is 2.52 bits per heavy atom. The average molecular weight is 320 g/mol. The molecule has 1 heterocycles. The molecule has 1 aromatic rings. The molecule has 0 aliphatic carbocycles. The molecule has 126 valence electrons. The molecule has 3 N–H and O–H groups in total. The van der Waals surface area contributed by atoms with Gasteiger partial charge in [-0.25, -0.2) is 4.90 Å². The van der Waals surface area contributed by atoms with Crippen LogP contribution >= 0.6 is 0 Å². The highest BCUT2D eigenvalue weighted by molar-refractivity contribution is 5.81. The van der Waals surface area contributed by atoms with E-state index < -0.39 is 23.8 Å². The Morgan fingerprint density at radius 2 is 2.00 bits per heavy atom. The van der Waals surface area contributed by atoms with Crippen molar-refractivity contribution in [3.63, 3.8) is 0 Å². The lowest BCUT2D eigenvalue weighted by Crippen LogP contribution is -2.55. The van der Waals surface area contributed by atoms with Gasteiger partial charge in [0.15, 0.2) is 0 Å². The van der Waals surface area contributed by atoms with E-state index in [-0.39, 0.29) is 18.4 Å². The Labute approximate surface area is 136 Å². The average Bonchev–Trinajstić information content (AvgIpc) is 2.88. The predicted octanol–water partition coefficient (Wildman–Crippen LogP) is 1.57. The number of carboxylic acids is 1. The summed E-state index contributed by atoms with van der Waals surface area (Å²) in [6, 6.07) is 9.24. The lowest BCUT2D eigenvalue weighted by molar-refractivity contribution is -0.179. The summed E-state index contributed by atoms with van der Waals surface area (Å²) >= 11 is 0. The molecule has 1 saturated heterocycles. The van der Waals surface area contributed by atoms with Gasteiger partial charge in [0.05, 0.1) is 12.5 Å². The number of carbonyl (C=O) groups is 2. The van der Waals surface area contributed by atoms with E-state index in [4.69, 9.17) is 0 Å². The van der Waals surface area contributed by atoms with Gasteiger partial charge in [0, 0.05) is 0 Å². The summed E-state index contributed by atoms with van der Waals surface area (Å²) < 4.78 is 0. The van der Waals surface area contributed by atoms with E-state index in [9.17, 15) is 19.8 Å². The SMILES string of the molecule is CC(C)CC(C(=O)O)C(C)(O)N1CC(=O)NC1c1ccccc1.